The van der Waals surface area contributed by atoms with Gasteiger partial charge in [0.2, 0.25) is 11.0 Å². The van der Waals surface area contributed by atoms with E-state index in [9.17, 15) is 4.79 Å². The normalized spacial score (nSPS) is 10.8. The molecule has 1 amide bonds. The van der Waals surface area contributed by atoms with Crippen LogP contribution in [0.25, 0.3) is 0 Å². The molecule has 0 saturated carbocycles. The standard InChI is InChI=1S/C19H18Cl2N4OS2/c1-10-5-4-6-14(12(10)3)22-18-24-25-19(28-18)27-9-15(26)23-17-13(20)8-7-11(2)16(17)21/h4-8H,9H2,1-3H3,(H,22,24)(H,23,26). The predicted octanol–water partition coefficient (Wildman–Crippen LogP) is 6.24. The van der Waals surface area contributed by atoms with Crippen molar-refractivity contribution in [2.75, 3.05) is 16.4 Å². The van der Waals surface area contributed by atoms with Gasteiger partial charge in [0.25, 0.3) is 0 Å². The third-order valence-corrected chi connectivity index (χ3v) is 6.90. The van der Waals surface area contributed by atoms with Gasteiger partial charge in [-0.1, -0.05) is 64.5 Å². The highest BCUT2D eigenvalue weighted by Gasteiger charge is 2.14. The first-order valence-corrected chi connectivity index (χ1v) is 10.9. The van der Waals surface area contributed by atoms with Crippen LogP contribution in [0.15, 0.2) is 34.7 Å². The first-order valence-electron chi connectivity index (χ1n) is 8.39. The summed E-state index contributed by atoms with van der Waals surface area (Å²) >= 11 is 15.1. The van der Waals surface area contributed by atoms with Gasteiger partial charge in [-0.2, -0.15) is 0 Å². The maximum Gasteiger partial charge on any atom is 0.234 e. The molecule has 2 aromatic carbocycles. The average Bonchev–Trinajstić information content (AvgIpc) is 3.11. The quantitative estimate of drug-likeness (QED) is 0.432. The Labute approximate surface area is 181 Å². The van der Waals surface area contributed by atoms with Crippen LogP contribution < -0.4 is 10.6 Å². The van der Waals surface area contributed by atoms with Crippen molar-refractivity contribution < 1.29 is 4.79 Å². The first kappa shape index (κ1) is 20.9. The zero-order valence-electron chi connectivity index (χ0n) is 15.5. The predicted molar refractivity (Wildman–Crippen MR) is 120 cm³/mol. The summed E-state index contributed by atoms with van der Waals surface area (Å²) < 4.78 is 0.699. The van der Waals surface area contributed by atoms with Gasteiger partial charge in [-0.25, -0.2) is 0 Å². The Balaban J connectivity index is 1.59. The molecule has 28 heavy (non-hydrogen) atoms. The number of hydrogen-bond acceptors (Lipinski definition) is 6. The Kier molecular flexibility index (Phi) is 6.82. The van der Waals surface area contributed by atoms with Crippen molar-refractivity contribution in [1.82, 2.24) is 10.2 Å². The summed E-state index contributed by atoms with van der Waals surface area (Å²) in [4.78, 5) is 12.3. The Hall–Kier alpha value is -1.80. The van der Waals surface area contributed by atoms with Crippen molar-refractivity contribution >= 4 is 68.7 Å². The smallest absolute Gasteiger partial charge is 0.234 e. The van der Waals surface area contributed by atoms with Gasteiger partial charge in [-0.15, -0.1) is 10.2 Å². The van der Waals surface area contributed by atoms with Crippen LogP contribution in [-0.4, -0.2) is 21.9 Å². The molecule has 9 heteroatoms. The second-order valence-corrected chi connectivity index (χ2v) is 9.12. The van der Waals surface area contributed by atoms with Gasteiger partial charge >= 0.3 is 0 Å². The summed E-state index contributed by atoms with van der Waals surface area (Å²) in [6.07, 6.45) is 0. The minimum Gasteiger partial charge on any atom is -0.330 e. The monoisotopic (exact) mass is 452 g/mol. The van der Waals surface area contributed by atoms with E-state index in [0.29, 0.717) is 25.2 Å². The Morgan fingerprint density at radius 2 is 1.89 bits per heavy atom. The molecule has 0 fully saturated rings. The molecule has 3 aromatic rings. The van der Waals surface area contributed by atoms with Crippen LogP contribution in [0.2, 0.25) is 10.0 Å². The summed E-state index contributed by atoms with van der Waals surface area (Å²) in [7, 11) is 0. The SMILES string of the molecule is Cc1cccc(Nc2nnc(SCC(=O)Nc3c(Cl)ccc(C)c3Cl)s2)c1C. The van der Waals surface area contributed by atoms with Crippen molar-refractivity contribution in [1.29, 1.82) is 0 Å². The fraction of sp³-hybridized carbons (Fsp3) is 0.211. The number of benzene rings is 2. The molecule has 5 nitrogen and oxygen atoms in total. The summed E-state index contributed by atoms with van der Waals surface area (Å²) in [6, 6.07) is 9.57. The number of carbonyl (C=O) groups excluding carboxylic acids is 1. The number of nitrogens with zero attached hydrogens (tertiary/aromatic N) is 2. The molecular formula is C19H18Cl2N4OS2. The van der Waals surface area contributed by atoms with Gasteiger partial charge < -0.3 is 10.6 Å². The summed E-state index contributed by atoms with van der Waals surface area (Å²) in [5.74, 6) is -0.0303. The van der Waals surface area contributed by atoms with E-state index < -0.39 is 0 Å². The van der Waals surface area contributed by atoms with Gasteiger partial charge in [-0.3, -0.25) is 4.79 Å². The van der Waals surface area contributed by atoms with Gasteiger partial charge in [0, 0.05) is 5.69 Å². The molecule has 0 bridgehead atoms. The van der Waals surface area contributed by atoms with Gasteiger partial charge in [0.05, 0.1) is 21.5 Å². The minimum atomic E-state index is -0.210. The Morgan fingerprint density at radius 3 is 2.68 bits per heavy atom. The molecule has 0 unspecified atom stereocenters. The zero-order valence-corrected chi connectivity index (χ0v) is 18.6. The second kappa shape index (κ2) is 9.13. The van der Waals surface area contributed by atoms with Crippen LogP contribution in [0.3, 0.4) is 0 Å². The van der Waals surface area contributed by atoms with E-state index in [1.54, 1.807) is 12.1 Å². The van der Waals surface area contributed by atoms with Gasteiger partial charge in [-0.05, 0) is 49.6 Å². The highest BCUT2D eigenvalue weighted by molar-refractivity contribution is 8.01. The minimum absolute atomic E-state index is 0.179. The molecule has 0 aliphatic carbocycles. The van der Waals surface area contributed by atoms with Crippen LogP contribution in [0.5, 0.6) is 0 Å². The molecule has 2 N–H and O–H groups in total. The maximum atomic E-state index is 12.3. The molecule has 146 valence electrons. The largest absolute Gasteiger partial charge is 0.330 e. The molecule has 1 aromatic heterocycles. The highest BCUT2D eigenvalue weighted by atomic mass is 35.5. The highest BCUT2D eigenvalue weighted by Crippen LogP contribution is 2.34. The van der Waals surface area contributed by atoms with Crippen LogP contribution in [0.1, 0.15) is 16.7 Å². The summed E-state index contributed by atoms with van der Waals surface area (Å²) in [5, 5.41) is 15.9. The number of rotatable bonds is 6. The maximum absolute atomic E-state index is 12.3. The van der Waals surface area contributed by atoms with Gasteiger partial charge in [0.15, 0.2) is 4.34 Å². The van der Waals surface area contributed by atoms with Crippen LogP contribution in [0, 0.1) is 20.8 Å². The molecule has 0 aliphatic heterocycles. The number of anilines is 3. The lowest BCUT2D eigenvalue weighted by Gasteiger charge is -2.10. The third-order valence-electron chi connectivity index (χ3n) is 4.13. The Morgan fingerprint density at radius 1 is 1.11 bits per heavy atom. The first-order chi connectivity index (χ1) is 13.3. The Bertz CT molecular complexity index is 1020. The molecular weight excluding hydrogens is 435 g/mol. The molecule has 1 heterocycles. The number of halogens is 2. The van der Waals surface area contributed by atoms with E-state index in [-0.39, 0.29) is 11.7 Å². The van der Waals surface area contributed by atoms with Gasteiger partial charge in [0.1, 0.15) is 0 Å². The number of thioether (sulfide) groups is 1. The van der Waals surface area contributed by atoms with Crippen LogP contribution >= 0.6 is 46.3 Å². The summed E-state index contributed by atoms with van der Waals surface area (Å²) in [6.45, 7) is 5.97. The molecule has 3 rings (SSSR count). The van der Waals surface area contributed by atoms with Crippen molar-refractivity contribution in [3.05, 3.63) is 57.1 Å². The molecule has 0 spiro atoms. The average molecular weight is 453 g/mol. The second-order valence-electron chi connectivity index (χ2n) is 6.14. The number of nitrogens with one attached hydrogen (secondary N) is 2. The number of carbonyl (C=O) groups is 1. The van der Waals surface area contributed by atoms with Crippen LogP contribution in [-0.2, 0) is 4.79 Å². The van der Waals surface area contributed by atoms with E-state index in [0.717, 1.165) is 16.8 Å². The molecule has 0 radical (unpaired) electrons. The van der Waals surface area contributed by atoms with E-state index in [2.05, 4.69) is 40.7 Å². The lowest BCUT2D eigenvalue weighted by Crippen LogP contribution is -2.14. The number of amides is 1. The summed E-state index contributed by atoms with van der Waals surface area (Å²) in [5.41, 5.74) is 4.64. The molecule has 0 atom stereocenters. The van der Waals surface area contributed by atoms with Crippen molar-refractivity contribution in [2.24, 2.45) is 0 Å². The molecule has 0 saturated heterocycles. The van der Waals surface area contributed by atoms with Crippen LogP contribution in [0.4, 0.5) is 16.5 Å². The van der Waals surface area contributed by atoms with Crippen molar-refractivity contribution in [3.63, 3.8) is 0 Å². The number of aryl methyl sites for hydroxylation is 2. The number of aromatic nitrogens is 2. The zero-order chi connectivity index (χ0) is 20.3. The lowest BCUT2D eigenvalue weighted by molar-refractivity contribution is -0.113. The topological polar surface area (TPSA) is 66.9 Å². The van der Waals surface area contributed by atoms with Crippen molar-refractivity contribution in [2.45, 2.75) is 25.1 Å². The van der Waals surface area contributed by atoms with E-state index in [1.165, 1.54) is 28.7 Å². The van der Waals surface area contributed by atoms with E-state index >= 15 is 0 Å². The third kappa shape index (κ3) is 4.97. The molecule has 0 aliphatic rings. The fourth-order valence-corrected chi connectivity index (χ4v) is 4.42. The lowest BCUT2D eigenvalue weighted by atomic mass is 10.1. The van der Waals surface area contributed by atoms with E-state index in [1.807, 2.05) is 19.1 Å². The van der Waals surface area contributed by atoms with Crippen molar-refractivity contribution in [3.8, 4) is 0 Å². The van der Waals surface area contributed by atoms with E-state index in [4.69, 9.17) is 23.2 Å². The number of hydrogen-bond donors (Lipinski definition) is 2. The fourth-order valence-electron chi connectivity index (χ4n) is 2.39.